The van der Waals surface area contributed by atoms with Gasteiger partial charge in [0.25, 0.3) is 0 Å². The van der Waals surface area contributed by atoms with Gasteiger partial charge in [-0.2, -0.15) is 0 Å². The Morgan fingerprint density at radius 2 is 1.96 bits per heavy atom. The van der Waals surface area contributed by atoms with Crippen molar-refractivity contribution in [3.05, 3.63) is 56.6 Å². The van der Waals surface area contributed by atoms with Gasteiger partial charge in [-0.25, -0.2) is 0 Å². The molecule has 1 saturated heterocycles. The number of carbonyl (C=O) groups is 1. The number of hydrogen-bond donors (Lipinski definition) is 1. The number of aryl methyl sites for hydroxylation is 1. The monoisotopic (exact) mass is 345 g/mol. The maximum absolute atomic E-state index is 12.3. The maximum atomic E-state index is 12.3. The van der Waals surface area contributed by atoms with Gasteiger partial charge in [0, 0.05) is 17.6 Å². The molecule has 1 unspecified atom stereocenters. The van der Waals surface area contributed by atoms with E-state index < -0.39 is 0 Å². The first-order valence-electron chi connectivity index (χ1n) is 8.36. The summed E-state index contributed by atoms with van der Waals surface area (Å²) in [4.78, 5) is 26.4. The van der Waals surface area contributed by atoms with Crippen LogP contribution in [0.25, 0.3) is 0 Å². The third-order valence-corrected chi connectivity index (χ3v) is 5.42. The number of thiazole rings is 1. The van der Waals surface area contributed by atoms with Crippen LogP contribution in [0.15, 0.2) is 40.5 Å². The van der Waals surface area contributed by atoms with Gasteiger partial charge >= 0.3 is 4.87 Å². The molecular formula is C18H23N3O2S. The van der Waals surface area contributed by atoms with Crippen LogP contribution in [0.4, 0.5) is 0 Å². The largest absolute Gasteiger partial charge is 0.353 e. The second-order valence-corrected chi connectivity index (χ2v) is 7.02. The first-order valence-corrected chi connectivity index (χ1v) is 9.24. The van der Waals surface area contributed by atoms with E-state index >= 15 is 0 Å². The molecule has 1 atom stereocenters. The lowest BCUT2D eigenvalue weighted by Gasteiger charge is -2.28. The molecule has 2 aromatic rings. The van der Waals surface area contributed by atoms with E-state index in [1.807, 2.05) is 25.1 Å². The van der Waals surface area contributed by atoms with Crippen LogP contribution in [-0.4, -0.2) is 35.0 Å². The minimum Gasteiger partial charge on any atom is -0.353 e. The van der Waals surface area contributed by atoms with E-state index in [-0.39, 0.29) is 23.4 Å². The SMILES string of the molecule is Cc1csc(=O)n1CC(=O)NCC(c1ccccc1)N1CCCC1. The molecule has 1 aliphatic rings. The molecule has 24 heavy (non-hydrogen) atoms. The molecule has 3 rings (SSSR count). The van der Waals surface area contributed by atoms with E-state index in [1.54, 1.807) is 5.38 Å². The fourth-order valence-corrected chi connectivity index (χ4v) is 3.93. The van der Waals surface area contributed by atoms with E-state index in [9.17, 15) is 9.59 Å². The Morgan fingerprint density at radius 1 is 1.25 bits per heavy atom. The molecule has 0 aliphatic carbocycles. The van der Waals surface area contributed by atoms with Gasteiger partial charge in [-0.1, -0.05) is 41.7 Å². The Bertz CT molecular complexity index is 732. The second-order valence-electron chi connectivity index (χ2n) is 6.20. The van der Waals surface area contributed by atoms with Gasteiger partial charge in [0.1, 0.15) is 6.54 Å². The molecule has 128 valence electrons. The zero-order valence-electron chi connectivity index (χ0n) is 13.9. The summed E-state index contributed by atoms with van der Waals surface area (Å²) in [5.41, 5.74) is 2.06. The van der Waals surface area contributed by atoms with E-state index in [0.717, 1.165) is 30.1 Å². The maximum Gasteiger partial charge on any atom is 0.307 e. The minimum absolute atomic E-state index is 0.0817. The molecule has 2 heterocycles. The molecule has 0 spiro atoms. The van der Waals surface area contributed by atoms with Crippen molar-refractivity contribution in [1.82, 2.24) is 14.8 Å². The van der Waals surface area contributed by atoms with Crippen molar-refractivity contribution in [3.8, 4) is 0 Å². The highest BCUT2D eigenvalue weighted by atomic mass is 32.1. The first-order chi connectivity index (χ1) is 11.6. The summed E-state index contributed by atoms with van der Waals surface area (Å²) in [6, 6.07) is 10.5. The summed E-state index contributed by atoms with van der Waals surface area (Å²) in [5.74, 6) is -0.112. The average molecular weight is 345 g/mol. The minimum atomic E-state index is -0.112. The van der Waals surface area contributed by atoms with Crippen LogP contribution in [-0.2, 0) is 11.3 Å². The van der Waals surface area contributed by atoms with Crippen molar-refractivity contribution in [2.24, 2.45) is 0 Å². The molecule has 1 N–H and O–H groups in total. The first kappa shape index (κ1) is 16.9. The number of likely N-dealkylation sites (tertiary alicyclic amines) is 1. The van der Waals surface area contributed by atoms with E-state index in [0.29, 0.717) is 6.54 Å². The lowest BCUT2D eigenvalue weighted by atomic mass is 10.1. The quantitative estimate of drug-likeness (QED) is 0.873. The van der Waals surface area contributed by atoms with Crippen LogP contribution < -0.4 is 10.2 Å². The second kappa shape index (κ2) is 7.77. The number of amides is 1. The molecule has 6 heteroatoms. The van der Waals surface area contributed by atoms with Gasteiger partial charge in [-0.3, -0.25) is 19.1 Å². The summed E-state index contributed by atoms with van der Waals surface area (Å²) >= 11 is 1.13. The summed E-state index contributed by atoms with van der Waals surface area (Å²) in [6.45, 7) is 4.65. The lowest BCUT2D eigenvalue weighted by Crippen LogP contribution is -2.39. The molecule has 1 fully saturated rings. The van der Waals surface area contributed by atoms with Gasteiger partial charge in [-0.05, 0) is 38.4 Å². The number of hydrogen-bond acceptors (Lipinski definition) is 4. The number of carbonyl (C=O) groups excluding carboxylic acids is 1. The number of nitrogens with one attached hydrogen (secondary N) is 1. The van der Waals surface area contributed by atoms with Crippen molar-refractivity contribution in [2.45, 2.75) is 32.4 Å². The summed E-state index contributed by atoms with van der Waals surface area (Å²) in [7, 11) is 0. The zero-order valence-corrected chi connectivity index (χ0v) is 14.7. The van der Waals surface area contributed by atoms with Gasteiger partial charge in [0.15, 0.2) is 0 Å². The highest BCUT2D eigenvalue weighted by Crippen LogP contribution is 2.24. The topological polar surface area (TPSA) is 54.3 Å². The normalized spacial score (nSPS) is 16.2. The predicted molar refractivity (Wildman–Crippen MR) is 96.3 cm³/mol. The summed E-state index contributed by atoms with van der Waals surface area (Å²) in [6.07, 6.45) is 2.42. The van der Waals surface area contributed by atoms with Crippen LogP contribution in [0.2, 0.25) is 0 Å². The third-order valence-electron chi connectivity index (χ3n) is 4.54. The van der Waals surface area contributed by atoms with Crippen LogP contribution in [0.3, 0.4) is 0 Å². The lowest BCUT2D eigenvalue weighted by molar-refractivity contribution is -0.122. The Morgan fingerprint density at radius 3 is 2.58 bits per heavy atom. The van der Waals surface area contributed by atoms with Crippen LogP contribution in [0.5, 0.6) is 0 Å². The fourth-order valence-electron chi connectivity index (χ4n) is 3.19. The Hall–Kier alpha value is -1.92. The molecule has 1 aromatic heterocycles. The van der Waals surface area contributed by atoms with Crippen LogP contribution in [0.1, 0.15) is 30.1 Å². The van der Waals surface area contributed by atoms with E-state index in [4.69, 9.17) is 0 Å². The highest BCUT2D eigenvalue weighted by Gasteiger charge is 2.23. The van der Waals surface area contributed by atoms with Gasteiger partial charge < -0.3 is 5.32 Å². The van der Waals surface area contributed by atoms with Crippen molar-refractivity contribution >= 4 is 17.2 Å². The fraction of sp³-hybridized carbons (Fsp3) is 0.444. The molecule has 0 bridgehead atoms. The highest BCUT2D eigenvalue weighted by molar-refractivity contribution is 7.07. The number of nitrogens with zero attached hydrogens (tertiary/aromatic N) is 2. The summed E-state index contributed by atoms with van der Waals surface area (Å²) < 4.78 is 1.52. The Kier molecular flexibility index (Phi) is 5.48. The van der Waals surface area contributed by atoms with Crippen molar-refractivity contribution in [1.29, 1.82) is 0 Å². The molecule has 1 aromatic carbocycles. The zero-order chi connectivity index (χ0) is 16.9. The average Bonchev–Trinajstić information content (AvgIpc) is 3.22. The Labute approximate surface area is 145 Å². The summed E-state index contributed by atoms with van der Waals surface area (Å²) in [5, 5.41) is 4.80. The van der Waals surface area contributed by atoms with Crippen LogP contribution >= 0.6 is 11.3 Å². The van der Waals surface area contributed by atoms with Crippen LogP contribution in [0, 0.1) is 6.92 Å². The van der Waals surface area contributed by atoms with Crippen molar-refractivity contribution < 1.29 is 4.79 Å². The van der Waals surface area contributed by atoms with Crippen molar-refractivity contribution in [2.75, 3.05) is 19.6 Å². The number of aromatic nitrogens is 1. The van der Waals surface area contributed by atoms with Gasteiger partial charge in [0.2, 0.25) is 5.91 Å². The smallest absolute Gasteiger partial charge is 0.307 e. The molecule has 0 saturated carbocycles. The number of benzene rings is 1. The molecule has 0 radical (unpaired) electrons. The Balaban J connectivity index is 1.65. The molecule has 1 amide bonds. The third kappa shape index (κ3) is 3.94. The van der Waals surface area contributed by atoms with Gasteiger partial charge in [-0.15, -0.1) is 0 Å². The van der Waals surface area contributed by atoms with Crippen molar-refractivity contribution in [3.63, 3.8) is 0 Å². The van der Waals surface area contributed by atoms with E-state index in [1.165, 1.54) is 23.0 Å². The molecule has 1 aliphatic heterocycles. The standard InChI is InChI=1S/C18H23N3O2S/c1-14-13-24-18(23)21(14)12-17(22)19-11-16(20-9-5-6-10-20)15-7-3-2-4-8-15/h2-4,7-8,13,16H,5-6,9-12H2,1H3,(H,19,22). The van der Waals surface area contributed by atoms with Gasteiger partial charge in [0.05, 0.1) is 6.04 Å². The predicted octanol–water partition coefficient (Wildman–Crippen LogP) is 2.17. The number of rotatable bonds is 6. The molecule has 5 nitrogen and oxygen atoms in total. The van der Waals surface area contributed by atoms with E-state index in [2.05, 4.69) is 22.3 Å². The molecular weight excluding hydrogens is 322 g/mol.